The van der Waals surface area contributed by atoms with Crippen LogP contribution in [0.25, 0.3) is 115 Å². The molecule has 0 bridgehead atoms. The van der Waals surface area contributed by atoms with E-state index in [1.165, 1.54) is 21.5 Å². The van der Waals surface area contributed by atoms with Gasteiger partial charge in [0.2, 0.25) is 0 Å². The van der Waals surface area contributed by atoms with Crippen LogP contribution in [0.15, 0.2) is 160 Å². The van der Waals surface area contributed by atoms with Crippen molar-refractivity contribution in [3.63, 3.8) is 0 Å². The highest BCUT2D eigenvalue weighted by molar-refractivity contribution is 6.37. The summed E-state index contributed by atoms with van der Waals surface area (Å²) >= 11 is 0. The number of fused-ring (bicyclic) bond motifs is 16. The summed E-state index contributed by atoms with van der Waals surface area (Å²) in [6.07, 6.45) is 0. The third-order valence-corrected chi connectivity index (χ3v) is 10.5. The van der Waals surface area contributed by atoms with Crippen LogP contribution in [-0.4, -0.2) is 14.5 Å². The highest BCUT2D eigenvalue weighted by Gasteiger charge is 2.26. The van der Waals surface area contributed by atoms with Crippen LogP contribution in [0.2, 0.25) is 0 Å². The molecule has 236 valence electrons. The van der Waals surface area contributed by atoms with Gasteiger partial charge in [0.15, 0.2) is 11.4 Å². The van der Waals surface area contributed by atoms with Crippen molar-refractivity contribution in [1.82, 2.24) is 14.5 Å². The van der Waals surface area contributed by atoms with Gasteiger partial charge in [-0.15, -0.1) is 0 Å². The molecule has 0 unspecified atom stereocenters. The summed E-state index contributed by atoms with van der Waals surface area (Å²) < 4.78 is 15.5. The van der Waals surface area contributed by atoms with E-state index in [4.69, 9.17) is 18.8 Å². The van der Waals surface area contributed by atoms with Crippen molar-refractivity contribution in [2.75, 3.05) is 0 Å². The Kier molecular flexibility index (Phi) is 5.17. The van der Waals surface area contributed by atoms with E-state index in [-0.39, 0.29) is 0 Å². The zero-order valence-electron chi connectivity index (χ0n) is 27.1. The molecule has 5 nitrogen and oxygen atoms in total. The van der Waals surface area contributed by atoms with Gasteiger partial charge in [-0.2, -0.15) is 0 Å². The Morgan fingerprint density at radius 2 is 1.08 bits per heavy atom. The van der Waals surface area contributed by atoms with Gasteiger partial charge in [0, 0.05) is 37.9 Å². The van der Waals surface area contributed by atoms with E-state index in [1.54, 1.807) is 0 Å². The van der Waals surface area contributed by atoms with Gasteiger partial charge < -0.3 is 8.83 Å². The van der Waals surface area contributed by atoms with E-state index in [0.29, 0.717) is 0 Å². The molecule has 4 heterocycles. The number of hydrogen-bond acceptors (Lipinski definition) is 4. The van der Waals surface area contributed by atoms with Crippen molar-refractivity contribution >= 4 is 98.3 Å². The molecule has 0 spiro atoms. The first-order chi connectivity index (χ1) is 25.3. The molecule has 51 heavy (non-hydrogen) atoms. The van der Waals surface area contributed by atoms with E-state index in [2.05, 4.69) is 114 Å². The maximum absolute atomic E-state index is 7.02. The topological polar surface area (TPSA) is 57.0 Å². The molecule has 0 saturated heterocycles. The molecule has 4 aromatic heterocycles. The Morgan fingerprint density at radius 1 is 0.431 bits per heavy atom. The molecule has 0 aliphatic heterocycles. The monoisotopic (exact) mass is 651 g/mol. The molecule has 0 atom stereocenters. The van der Waals surface area contributed by atoms with Crippen molar-refractivity contribution in [3.05, 3.63) is 152 Å². The van der Waals surface area contributed by atoms with Gasteiger partial charge in [0.25, 0.3) is 0 Å². The Balaban J connectivity index is 1.30. The predicted octanol–water partition coefficient (Wildman–Crippen LogP) is 12.5. The van der Waals surface area contributed by atoms with Crippen molar-refractivity contribution in [2.45, 2.75) is 0 Å². The minimum Gasteiger partial charge on any atom is -0.456 e. The number of nitrogens with zero attached hydrogens (tertiary/aromatic N) is 3. The van der Waals surface area contributed by atoms with E-state index in [0.717, 1.165) is 93.8 Å². The number of furan rings is 2. The average Bonchev–Trinajstić information content (AvgIpc) is 3.87. The lowest BCUT2D eigenvalue weighted by Crippen LogP contribution is -2.04. The number of aromatic nitrogens is 3. The second-order valence-corrected chi connectivity index (χ2v) is 13.3. The van der Waals surface area contributed by atoms with Crippen LogP contribution < -0.4 is 0 Å². The quantitative estimate of drug-likeness (QED) is 0.187. The lowest BCUT2D eigenvalue weighted by atomic mass is 9.96. The van der Waals surface area contributed by atoms with E-state index in [9.17, 15) is 0 Å². The fourth-order valence-electron chi connectivity index (χ4n) is 8.37. The zero-order chi connectivity index (χ0) is 33.2. The summed E-state index contributed by atoms with van der Waals surface area (Å²) in [6, 6.07) is 52.8. The van der Waals surface area contributed by atoms with Gasteiger partial charge in [-0.05, 0) is 70.1 Å². The first-order valence-electron chi connectivity index (χ1n) is 17.2. The third kappa shape index (κ3) is 3.59. The van der Waals surface area contributed by atoms with Gasteiger partial charge in [0.05, 0.1) is 22.1 Å². The first kappa shape index (κ1) is 26.9. The molecule has 0 saturated carbocycles. The van der Waals surface area contributed by atoms with E-state index >= 15 is 0 Å². The summed E-state index contributed by atoms with van der Waals surface area (Å²) in [7, 11) is 0. The van der Waals surface area contributed by atoms with Gasteiger partial charge in [0.1, 0.15) is 22.4 Å². The van der Waals surface area contributed by atoms with Gasteiger partial charge in [-0.25, -0.2) is 9.97 Å². The normalized spacial score (nSPS) is 12.3. The highest BCUT2D eigenvalue weighted by Crippen LogP contribution is 2.48. The molecule has 0 fully saturated rings. The molecule has 0 radical (unpaired) electrons. The summed E-state index contributed by atoms with van der Waals surface area (Å²) in [6.45, 7) is 0. The number of rotatable bonds is 2. The summed E-state index contributed by atoms with van der Waals surface area (Å²) in [5, 5.41) is 11.3. The summed E-state index contributed by atoms with van der Waals surface area (Å²) in [5.41, 5.74) is 8.82. The van der Waals surface area contributed by atoms with E-state index in [1.807, 2.05) is 42.5 Å². The molecule has 5 heteroatoms. The minimum atomic E-state index is 0.744. The molecule has 0 amide bonds. The maximum atomic E-state index is 7.02. The predicted molar refractivity (Wildman–Crippen MR) is 209 cm³/mol. The van der Waals surface area contributed by atoms with Crippen molar-refractivity contribution in [2.24, 2.45) is 0 Å². The number of para-hydroxylation sites is 4. The van der Waals surface area contributed by atoms with Crippen molar-refractivity contribution in [3.8, 4) is 17.1 Å². The van der Waals surface area contributed by atoms with Crippen LogP contribution in [0.4, 0.5) is 0 Å². The Hall–Kier alpha value is -6.98. The fourth-order valence-corrected chi connectivity index (χ4v) is 8.37. The van der Waals surface area contributed by atoms with Crippen LogP contribution in [0, 0.1) is 0 Å². The Bertz CT molecular complexity index is 3440. The smallest absolute Gasteiger partial charge is 0.165 e. The maximum Gasteiger partial charge on any atom is 0.165 e. The third-order valence-electron chi connectivity index (χ3n) is 10.5. The SMILES string of the molecule is c1ccc2c(c1)ccc1oc3c(c4ccccc4c4c5ccccc5n(-c5nc6ccccc6nc5-c5ccc6oc7ccccc7c6c5)c34)c12. The first-order valence-corrected chi connectivity index (χ1v) is 17.2. The molecular weight excluding hydrogens is 627 g/mol. The average molecular weight is 652 g/mol. The van der Waals surface area contributed by atoms with E-state index < -0.39 is 0 Å². The van der Waals surface area contributed by atoms with Crippen LogP contribution in [0.1, 0.15) is 0 Å². The second-order valence-electron chi connectivity index (χ2n) is 13.3. The van der Waals surface area contributed by atoms with Crippen LogP contribution >= 0.6 is 0 Å². The molecule has 0 aliphatic carbocycles. The summed E-state index contributed by atoms with van der Waals surface area (Å²) in [4.78, 5) is 10.8. The van der Waals surface area contributed by atoms with Crippen LogP contribution in [0.5, 0.6) is 0 Å². The molecule has 8 aromatic carbocycles. The standard InChI is InChI=1S/C46H25N3O2/c1-2-12-28-26(11-1)21-24-39-41(28)42-31-15-4-3-14-30(31)40-32-16-5-9-19-36(32)49(44(40)45(42)51-39)46-43(47-34-17-7-8-18-35(34)48-46)27-22-23-38-33(25-27)29-13-6-10-20-37(29)50-38/h1-25H. The zero-order valence-corrected chi connectivity index (χ0v) is 27.1. The number of benzene rings is 8. The summed E-state index contributed by atoms with van der Waals surface area (Å²) in [5.74, 6) is 0.744. The molecular formula is C46H25N3O2. The molecule has 12 aromatic rings. The molecule has 0 aliphatic rings. The van der Waals surface area contributed by atoms with Crippen molar-refractivity contribution in [1.29, 1.82) is 0 Å². The molecule has 12 rings (SSSR count). The Morgan fingerprint density at radius 3 is 1.94 bits per heavy atom. The van der Waals surface area contributed by atoms with Gasteiger partial charge >= 0.3 is 0 Å². The van der Waals surface area contributed by atoms with Crippen molar-refractivity contribution < 1.29 is 8.83 Å². The van der Waals surface area contributed by atoms with Gasteiger partial charge in [-0.3, -0.25) is 4.57 Å². The fraction of sp³-hybridized carbons (Fsp3) is 0. The largest absolute Gasteiger partial charge is 0.456 e. The minimum absolute atomic E-state index is 0.744. The van der Waals surface area contributed by atoms with Crippen LogP contribution in [0.3, 0.4) is 0 Å². The van der Waals surface area contributed by atoms with Gasteiger partial charge in [-0.1, -0.05) is 103 Å². The van der Waals surface area contributed by atoms with Crippen LogP contribution in [-0.2, 0) is 0 Å². The second kappa shape index (κ2) is 9.80. The Labute approximate surface area is 289 Å². The number of hydrogen-bond donors (Lipinski definition) is 0. The highest BCUT2D eigenvalue weighted by atomic mass is 16.3. The molecule has 0 N–H and O–H groups in total. The lowest BCUT2D eigenvalue weighted by molar-refractivity contribution is 0.669. The lowest BCUT2D eigenvalue weighted by Gasteiger charge is -2.14.